The molecule has 0 radical (unpaired) electrons. The summed E-state index contributed by atoms with van der Waals surface area (Å²) in [6.45, 7) is 5.87. The van der Waals surface area contributed by atoms with Crippen molar-refractivity contribution in [2.75, 3.05) is 52.8 Å². The maximum absolute atomic E-state index is 9.90. The molecule has 2 aliphatic heterocycles. The molecule has 2 aliphatic rings. The predicted molar refractivity (Wildman–Crippen MR) is 170 cm³/mol. The van der Waals surface area contributed by atoms with Gasteiger partial charge in [0.25, 0.3) is 0 Å². The van der Waals surface area contributed by atoms with Gasteiger partial charge in [-0.15, -0.1) is 0 Å². The second-order valence-corrected chi connectivity index (χ2v) is 11.4. The molecule has 4 aromatic rings. The van der Waals surface area contributed by atoms with E-state index in [-0.39, 0.29) is 0 Å². The number of likely N-dealkylation sites (tertiary alicyclic amines) is 2. The Labute approximate surface area is 253 Å². The van der Waals surface area contributed by atoms with E-state index in [9.17, 15) is 5.26 Å². The van der Waals surface area contributed by atoms with Crippen molar-refractivity contribution in [3.63, 3.8) is 0 Å². The van der Waals surface area contributed by atoms with Gasteiger partial charge >= 0.3 is 0 Å². The third-order valence-electron chi connectivity index (χ3n) is 8.80. The highest BCUT2D eigenvalue weighted by Gasteiger charge is 2.26. The topological polar surface area (TPSA) is 82.9 Å². The fraction of sp³-hybridized carbons (Fsp3) is 0.371. The van der Waals surface area contributed by atoms with Crippen LogP contribution in [0.1, 0.15) is 36.8 Å². The van der Waals surface area contributed by atoms with E-state index in [4.69, 9.17) is 14.2 Å². The molecule has 0 aliphatic carbocycles. The summed E-state index contributed by atoms with van der Waals surface area (Å²) in [5, 5.41) is 14.2. The summed E-state index contributed by atoms with van der Waals surface area (Å²) in [6, 6.07) is 21.8. The Balaban J connectivity index is 1.23. The summed E-state index contributed by atoms with van der Waals surface area (Å²) < 4.78 is 16.5. The Bertz CT molecular complexity index is 1610. The first-order chi connectivity index (χ1) is 21.1. The number of rotatable bonds is 9. The molecule has 0 unspecified atom stereocenters. The number of nitriles is 1. The number of ether oxygens (including phenoxy) is 3. The van der Waals surface area contributed by atoms with Gasteiger partial charge in [-0.05, 0) is 80.7 Å². The number of fused-ring (bicyclic) bond motifs is 1. The van der Waals surface area contributed by atoms with E-state index in [1.54, 1.807) is 27.5 Å². The van der Waals surface area contributed by atoms with E-state index in [1.807, 2.05) is 18.2 Å². The van der Waals surface area contributed by atoms with Crippen LogP contribution in [0.15, 0.2) is 60.8 Å². The van der Waals surface area contributed by atoms with Crippen LogP contribution in [0.25, 0.3) is 22.0 Å². The lowest BCUT2D eigenvalue weighted by Crippen LogP contribution is -2.43. The summed E-state index contributed by atoms with van der Waals surface area (Å²) in [7, 11) is 4.73. The standard InChI is InChI=1S/C35H39N5O3/c1-41-32-19-28(20-33(42-2)35(32)43-3)38-34-27(21-36)22-37-31-18-26(9-10-30(31)34)25-8-6-7-24(17-25)23-39-15-11-29(12-16-39)40-13-4-5-14-40/h6-10,17-20,22,29H,4-5,11-16,23H2,1-3H3,(H,37,38). The molecule has 222 valence electrons. The SMILES string of the molecule is COc1cc(Nc2c(C#N)cnc3cc(-c4cccc(CN5CCC(N6CCCC6)CC5)c4)ccc23)cc(OC)c1OC. The zero-order valence-electron chi connectivity index (χ0n) is 25.2. The highest BCUT2D eigenvalue weighted by atomic mass is 16.5. The first-order valence-electron chi connectivity index (χ1n) is 15.1. The molecule has 3 heterocycles. The predicted octanol–water partition coefficient (Wildman–Crippen LogP) is 6.60. The van der Waals surface area contributed by atoms with Gasteiger partial charge in [0.1, 0.15) is 6.07 Å². The van der Waals surface area contributed by atoms with Crippen molar-refractivity contribution in [1.29, 1.82) is 5.26 Å². The molecule has 3 aromatic carbocycles. The zero-order chi connectivity index (χ0) is 29.8. The fourth-order valence-corrected chi connectivity index (χ4v) is 6.55. The number of benzene rings is 3. The van der Waals surface area contributed by atoms with Crippen molar-refractivity contribution in [2.24, 2.45) is 0 Å². The normalized spacial score (nSPS) is 16.2. The van der Waals surface area contributed by atoms with Gasteiger partial charge in [0.2, 0.25) is 5.75 Å². The minimum absolute atomic E-state index is 0.449. The van der Waals surface area contributed by atoms with Crippen LogP contribution in [0.2, 0.25) is 0 Å². The van der Waals surface area contributed by atoms with Crippen molar-refractivity contribution in [2.45, 2.75) is 38.3 Å². The van der Waals surface area contributed by atoms with Crippen LogP contribution in [0.4, 0.5) is 11.4 Å². The molecular formula is C35H39N5O3. The number of hydrogen-bond acceptors (Lipinski definition) is 8. The van der Waals surface area contributed by atoms with Crippen LogP contribution >= 0.6 is 0 Å². The number of nitrogens with one attached hydrogen (secondary N) is 1. The molecule has 8 heteroatoms. The van der Waals surface area contributed by atoms with E-state index < -0.39 is 0 Å². The molecule has 2 fully saturated rings. The van der Waals surface area contributed by atoms with Gasteiger partial charge in [-0.3, -0.25) is 9.88 Å². The summed E-state index contributed by atoms with van der Waals surface area (Å²) in [5.41, 5.74) is 6.23. The quantitative estimate of drug-likeness (QED) is 0.238. The Hall–Kier alpha value is -4.32. The van der Waals surface area contributed by atoms with E-state index in [0.29, 0.717) is 34.2 Å². The maximum Gasteiger partial charge on any atom is 0.203 e. The molecule has 0 saturated carbocycles. The average Bonchev–Trinajstić information content (AvgIpc) is 3.60. The number of methoxy groups -OCH3 is 3. The first-order valence-corrected chi connectivity index (χ1v) is 15.1. The third kappa shape index (κ3) is 6.10. The molecule has 1 N–H and O–H groups in total. The maximum atomic E-state index is 9.90. The van der Waals surface area contributed by atoms with Gasteiger partial charge in [-0.2, -0.15) is 5.26 Å². The summed E-state index contributed by atoms with van der Waals surface area (Å²) in [6.07, 6.45) is 6.89. The average molecular weight is 578 g/mol. The van der Waals surface area contributed by atoms with E-state index in [0.717, 1.165) is 47.7 Å². The van der Waals surface area contributed by atoms with Gasteiger partial charge < -0.3 is 24.4 Å². The highest BCUT2D eigenvalue weighted by Crippen LogP contribution is 2.41. The van der Waals surface area contributed by atoms with Gasteiger partial charge in [0.15, 0.2) is 11.5 Å². The molecule has 43 heavy (non-hydrogen) atoms. The zero-order valence-corrected chi connectivity index (χ0v) is 25.2. The van der Waals surface area contributed by atoms with Crippen molar-refractivity contribution in [1.82, 2.24) is 14.8 Å². The van der Waals surface area contributed by atoms with Gasteiger partial charge in [-0.25, -0.2) is 0 Å². The fourth-order valence-electron chi connectivity index (χ4n) is 6.55. The molecule has 0 amide bonds. The molecule has 8 nitrogen and oxygen atoms in total. The van der Waals surface area contributed by atoms with Crippen LogP contribution in [-0.2, 0) is 6.54 Å². The third-order valence-corrected chi connectivity index (χ3v) is 8.80. The largest absolute Gasteiger partial charge is 0.493 e. The highest BCUT2D eigenvalue weighted by molar-refractivity contribution is 5.98. The summed E-state index contributed by atoms with van der Waals surface area (Å²) in [5.74, 6) is 1.56. The minimum Gasteiger partial charge on any atom is -0.493 e. The first kappa shape index (κ1) is 28.8. The van der Waals surface area contributed by atoms with E-state index in [1.165, 1.54) is 44.3 Å². The number of anilines is 2. The molecular weight excluding hydrogens is 538 g/mol. The van der Waals surface area contributed by atoms with Crippen LogP contribution in [0.5, 0.6) is 17.2 Å². The lowest BCUT2D eigenvalue weighted by molar-refractivity contribution is 0.122. The summed E-state index contributed by atoms with van der Waals surface area (Å²) >= 11 is 0. The molecule has 0 bridgehead atoms. The second-order valence-electron chi connectivity index (χ2n) is 11.4. The van der Waals surface area contributed by atoms with E-state index >= 15 is 0 Å². The van der Waals surface area contributed by atoms with Crippen molar-refractivity contribution in [3.05, 3.63) is 71.9 Å². The van der Waals surface area contributed by atoms with Crippen LogP contribution in [0.3, 0.4) is 0 Å². The monoisotopic (exact) mass is 577 g/mol. The van der Waals surface area contributed by atoms with E-state index in [2.05, 4.69) is 62.6 Å². The molecule has 2 saturated heterocycles. The van der Waals surface area contributed by atoms with Gasteiger partial charge in [0, 0.05) is 42.0 Å². The van der Waals surface area contributed by atoms with Crippen LogP contribution in [-0.4, -0.2) is 68.3 Å². The van der Waals surface area contributed by atoms with Gasteiger partial charge in [0.05, 0.1) is 38.1 Å². The second kappa shape index (κ2) is 12.9. The van der Waals surface area contributed by atoms with Crippen molar-refractivity contribution >= 4 is 22.3 Å². The number of piperidine rings is 1. The Morgan fingerprint density at radius 1 is 0.884 bits per heavy atom. The minimum atomic E-state index is 0.449. The number of nitrogens with zero attached hydrogens (tertiary/aromatic N) is 4. The molecule has 0 spiro atoms. The number of aromatic nitrogens is 1. The molecule has 1 aromatic heterocycles. The molecule has 0 atom stereocenters. The smallest absolute Gasteiger partial charge is 0.203 e. The Morgan fingerprint density at radius 3 is 2.28 bits per heavy atom. The van der Waals surface area contributed by atoms with Crippen LogP contribution in [0, 0.1) is 11.3 Å². The van der Waals surface area contributed by atoms with Crippen molar-refractivity contribution in [3.8, 4) is 34.4 Å². The Morgan fingerprint density at radius 2 is 1.60 bits per heavy atom. The van der Waals surface area contributed by atoms with Gasteiger partial charge in [-0.1, -0.05) is 30.3 Å². The number of hydrogen-bond donors (Lipinski definition) is 1. The van der Waals surface area contributed by atoms with Crippen molar-refractivity contribution < 1.29 is 14.2 Å². The van der Waals surface area contributed by atoms with Crippen LogP contribution < -0.4 is 19.5 Å². The Kier molecular flexibility index (Phi) is 8.64. The lowest BCUT2D eigenvalue weighted by atomic mass is 9.99. The summed E-state index contributed by atoms with van der Waals surface area (Å²) in [4.78, 5) is 9.95. The number of pyridine rings is 1. The lowest BCUT2D eigenvalue weighted by Gasteiger charge is -2.36. The molecule has 6 rings (SSSR count).